The molecule has 1 amide bonds. The minimum Gasteiger partial charge on any atom is -0.478 e. The summed E-state index contributed by atoms with van der Waals surface area (Å²) in [6.45, 7) is 19.4. The number of hydrogen-bond acceptors (Lipinski definition) is 3. The Morgan fingerprint density at radius 2 is 1.60 bits per heavy atom. The van der Waals surface area contributed by atoms with Crippen molar-refractivity contribution in [1.29, 1.82) is 0 Å². The summed E-state index contributed by atoms with van der Waals surface area (Å²) in [5, 5.41) is 12.8. The van der Waals surface area contributed by atoms with Gasteiger partial charge in [0, 0.05) is 5.54 Å². The monoisotopic (exact) mass is 587 g/mol. The smallest absolute Gasteiger partial charge is 0.407 e. The Morgan fingerprint density at radius 3 is 2.23 bits per heavy atom. The number of aromatic carboxylic acids is 1. The molecule has 0 radical (unpaired) electrons. The van der Waals surface area contributed by atoms with Crippen molar-refractivity contribution in [2.24, 2.45) is 51.2 Å². The molecule has 0 aromatic heterocycles. The molecule has 5 aliphatic rings. The number of amides is 1. The van der Waals surface area contributed by atoms with Gasteiger partial charge in [0.25, 0.3) is 0 Å². The van der Waals surface area contributed by atoms with Gasteiger partial charge in [-0.25, -0.2) is 9.59 Å². The van der Waals surface area contributed by atoms with E-state index in [0.717, 1.165) is 37.7 Å². The molecule has 6 rings (SSSR count). The number of methoxy groups -OCH3 is 1. The maximum absolute atomic E-state index is 12.7. The molecule has 234 valence electrons. The number of benzene rings is 1. The summed E-state index contributed by atoms with van der Waals surface area (Å²) in [6, 6.07) is 7.52. The van der Waals surface area contributed by atoms with Gasteiger partial charge >= 0.3 is 12.1 Å². The molecule has 4 saturated carbocycles. The highest BCUT2D eigenvalue weighted by atomic mass is 16.5. The van der Waals surface area contributed by atoms with E-state index in [9.17, 15) is 14.7 Å². The Morgan fingerprint density at radius 1 is 0.907 bits per heavy atom. The molecule has 9 atom stereocenters. The van der Waals surface area contributed by atoms with Gasteiger partial charge in [-0.2, -0.15) is 0 Å². The maximum Gasteiger partial charge on any atom is 0.407 e. The molecule has 4 fully saturated rings. The van der Waals surface area contributed by atoms with E-state index in [2.05, 4.69) is 59.5 Å². The average molecular weight is 588 g/mol. The number of rotatable bonds is 4. The van der Waals surface area contributed by atoms with Gasteiger partial charge in [-0.3, -0.25) is 0 Å². The van der Waals surface area contributed by atoms with Gasteiger partial charge in [-0.05, 0) is 139 Å². The second-order valence-corrected chi connectivity index (χ2v) is 16.4. The van der Waals surface area contributed by atoms with Crippen LogP contribution in [0.2, 0.25) is 0 Å². The SMILES string of the molecule is C=C(C)C1CCC2(NC(=O)OC)CCC3(C)C(CCC4C5(C)CC=C(c6ccc(C(=O)O)cc6)C(C)(C)C5CCC43C)C12. The van der Waals surface area contributed by atoms with Crippen molar-refractivity contribution in [3.8, 4) is 0 Å². The summed E-state index contributed by atoms with van der Waals surface area (Å²) in [4.78, 5) is 24.2. The third-order valence-electron chi connectivity index (χ3n) is 14.6. The molecule has 43 heavy (non-hydrogen) atoms. The number of allylic oxidation sites excluding steroid dienone is 3. The van der Waals surface area contributed by atoms with Gasteiger partial charge < -0.3 is 15.2 Å². The molecule has 0 spiro atoms. The van der Waals surface area contributed by atoms with Crippen molar-refractivity contribution in [3.05, 3.63) is 53.6 Å². The van der Waals surface area contributed by atoms with Crippen LogP contribution in [0.1, 0.15) is 115 Å². The van der Waals surface area contributed by atoms with E-state index in [1.165, 1.54) is 43.9 Å². The van der Waals surface area contributed by atoms with E-state index in [-0.39, 0.29) is 33.3 Å². The van der Waals surface area contributed by atoms with E-state index in [4.69, 9.17) is 4.74 Å². The summed E-state index contributed by atoms with van der Waals surface area (Å²) >= 11 is 0. The van der Waals surface area contributed by atoms with Gasteiger partial charge in [-0.1, -0.05) is 65.0 Å². The van der Waals surface area contributed by atoms with Crippen LogP contribution < -0.4 is 5.32 Å². The van der Waals surface area contributed by atoms with Crippen LogP contribution in [-0.2, 0) is 4.74 Å². The number of carbonyl (C=O) groups is 2. The molecule has 0 heterocycles. The molecule has 0 bridgehead atoms. The molecule has 5 nitrogen and oxygen atoms in total. The van der Waals surface area contributed by atoms with Gasteiger partial charge in [0.1, 0.15) is 0 Å². The van der Waals surface area contributed by atoms with Crippen molar-refractivity contribution in [3.63, 3.8) is 0 Å². The number of hydrogen-bond donors (Lipinski definition) is 2. The predicted molar refractivity (Wildman–Crippen MR) is 172 cm³/mol. The fourth-order valence-electron chi connectivity index (χ4n) is 12.5. The first kappa shape index (κ1) is 30.5. The Labute approximate surface area is 258 Å². The molecule has 0 saturated heterocycles. The summed E-state index contributed by atoms with van der Waals surface area (Å²) in [6.07, 6.45) is 12.5. The fraction of sp³-hybridized carbons (Fsp3) is 0.684. The molecule has 5 aliphatic carbocycles. The number of alkyl carbamates (subject to hydrolysis) is 1. The summed E-state index contributed by atoms with van der Waals surface area (Å²) < 4.78 is 5.16. The molecule has 5 heteroatoms. The molecular weight excluding hydrogens is 534 g/mol. The molecule has 1 aromatic rings. The third kappa shape index (κ3) is 4.15. The van der Waals surface area contributed by atoms with Gasteiger partial charge in [0.05, 0.1) is 12.7 Å². The Balaban J connectivity index is 1.36. The van der Waals surface area contributed by atoms with Gasteiger partial charge in [-0.15, -0.1) is 0 Å². The van der Waals surface area contributed by atoms with E-state index in [1.54, 1.807) is 12.1 Å². The zero-order valence-electron chi connectivity index (χ0n) is 27.5. The van der Waals surface area contributed by atoms with Crippen molar-refractivity contribution < 1.29 is 19.4 Å². The quantitative estimate of drug-likeness (QED) is 0.345. The largest absolute Gasteiger partial charge is 0.478 e. The highest BCUT2D eigenvalue weighted by Crippen LogP contribution is 2.76. The first-order valence-electron chi connectivity index (χ1n) is 16.7. The Bertz CT molecular complexity index is 1360. The van der Waals surface area contributed by atoms with Crippen LogP contribution in [0, 0.1) is 51.2 Å². The van der Waals surface area contributed by atoms with Crippen LogP contribution in [-0.4, -0.2) is 29.8 Å². The van der Waals surface area contributed by atoms with E-state index in [0.29, 0.717) is 35.2 Å². The van der Waals surface area contributed by atoms with Gasteiger partial charge in [0.15, 0.2) is 0 Å². The Kier molecular flexibility index (Phi) is 7.07. The summed E-state index contributed by atoms with van der Waals surface area (Å²) in [7, 11) is 1.49. The summed E-state index contributed by atoms with van der Waals surface area (Å²) in [5.74, 6) is 1.74. The molecule has 1 aromatic carbocycles. The second-order valence-electron chi connectivity index (χ2n) is 16.4. The molecule has 0 aliphatic heterocycles. The topological polar surface area (TPSA) is 75.6 Å². The van der Waals surface area contributed by atoms with Crippen LogP contribution in [0.5, 0.6) is 0 Å². The second kappa shape index (κ2) is 9.97. The number of ether oxygens (including phenoxy) is 1. The first-order chi connectivity index (χ1) is 20.1. The van der Waals surface area contributed by atoms with E-state index >= 15 is 0 Å². The lowest BCUT2D eigenvalue weighted by atomic mass is 9.33. The maximum atomic E-state index is 12.7. The minimum atomic E-state index is -0.875. The first-order valence-corrected chi connectivity index (χ1v) is 16.7. The standard InChI is InChI=1S/C38H53NO4/c1-23(2)26-15-20-38(39-33(42)43-8)22-21-36(6)28(31(26)38)13-14-30-35(5)18-16-27(24-9-11-25(12-10-24)32(40)41)34(3,4)29(35)17-19-37(30,36)7/h9-12,16,26,28-31H,1,13-15,17-22H2,2-8H3,(H,39,42)(H,40,41). The highest BCUT2D eigenvalue weighted by molar-refractivity contribution is 5.88. The lowest BCUT2D eigenvalue weighted by molar-refractivity contribution is -0.218. The van der Waals surface area contributed by atoms with Crippen LogP contribution in [0.25, 0.3) is 5.57 Å². The van der Waals surface area contributed by atoms with E-state index < -0.39 is 5.97 Å². The Hall–Kier alpha value is -2.56. The van der Waals surface area contributed by atoms with Crippen LogP contribution in [0.3, 0.4) is 0 Å². The lowest BCUT2D eigenvalue weighted by Crippen LogP contribution is -2.68. The number of carbonyl (C=O) groups excluding carboxylic acids is 1. The van der Waals surface area contributed by atoms with Crippen molar-refractivity contribution >= 4 is 17.6 Å². The number of carboxylic acid groups (broad SMARTS) is 1. The highest BCUT2D eigenvalue weighted by Gasteiger charge is 2.70. The van der Waals surface area contributed by atoms with Gasteiger partial charge in [0.2, 0.25) is 0 Å². The minimum absolute atomic E-state index is 0.000519. The molecule has 2 N–H and O–H groups in total. The van der Waals surface area contributed by atoms with Crippen molar-refractivity contribution in [2.45, 2.75) is 105 Å². The molecule has 9 unspecified atom stereocenters. The number of nitrogens with one attached hydrogen (secondary N) is 1. The normalized spacial score (nSPS) is 42.8. The number of carboxylic acids is 1. The van der Waals surface area contributed by atoms with Crippen molar-refractivity contribution in [2.75, 3.05) is 7.11 Å². The van der Waals surface area contributed by atoms with Crippen LogP contribution in [0.15, 0.2) is 42.5 Å². The van der Waals surface area contributed by atoms with Crippen molar-refractivity contribution in [1.82, 2.24) is 5.32 Å². The zero-order valence-corrected chi connectivity index (χ0v) is 27.5. The lowest BCUT2D eigenvalue weighted by Gasteiger charge is -2.72. The number of fused-ring (bicyclic) bond motifs is 7. The average Bonchev–Trinajstić information content (AvgIpc) is 3.33. The van der Waals surface area contributed by atoms with Crippen LogP contribution in [0.4, 0.5) is 4.79 Å². The van der Waals surface area contributed by atoms with E-state index in [1.807, 2.05) is 12.1 Å². The zero-order chi connectivity index (χ0) is 31.2. The predicted octanol–water partition coefficient (Wildman–Crippen LogP) is 9.14. The van der Waals surface area contributed by atoms with Crippen LogP contribution >= 0.6 is 0 Å². The fourth-order valence-corrected chi connectivity index (χ4v) is 12.5. The summed E-state index contributed by atoms with van der Waals surface area (Å²) in [5.41, 5.74) is 4.60. The molecular formula is C38H53NO4. The third-order valence-corrected chi connectivity index (χ3v) is 14.6.